The van der Waals surface area contributed by atoms with Crippen molar-refractivity contribution < 1.29 is 29.7 Å². The fraction of sp³-hybridized carbons (Fsp3) is 0.217. The number of pyridine rings is 3. The summed E-state index contributed by atoms with van der Waals surface area (Å²) in [6.07, 6.45) is 1.36. The van der Waals surface area contributed by atoms with Gasteiger partial charge in [-0.05, 0) is 50.3 Å². The molecule has 0 unspecified atom stereocenters. The van der Waals surface area contributed by atoms with Gasteiger partial charge in [-0.1, -0.05) is 105 Å². The number of carboxylic acid groups (broad SMARTS) is 3. The average molecular weight is 786 g/mol. The van der Waals surface area contributed by atoms with Gasteiger partial charge in [-0.2, -0.15) is 0 Å². The molecule has 0 aliphatic rings. The second-order valence-corrected chi connectivity index (χ2v) is 13.3. The van der Waals surface area contributed by atoms with Crippen LogP contribution in [0.1, 0.15) is 74.5 Å². The Morgan fingerprint density at radius 3 is 1.26 bits per heavy atom. The number of benzene rings is 3. The van der Waals surface area contributed by atoms with E-state index in [1.165, 1.54) is 12.1 Å². The van der Waals surface area contributed by atoms with E-state index in [0.717, 1.165) is 33.8 Å². The van der Waals surface area contributed by atoms with Crippen LogP contribution < -0.4 is 16.3 Å². The first-order valence-corrected chi connectivity index (χ1v) is 18.7. The summed E-state index contributed by atoms with van der Waals surface area (Å²) in [5.74, 6) is -3.57. The van der Waals surface area contributed by atoms with Crippen LogP contribution in [-0.2, 0) is 33.5 Å². The Morgan fingerprint density at radius 2 is 0.879 bits per heavy atom. The van der Waals surface area contributed by atoms with E-state index in [4.69, 9.17) is 0 Å². The van der Waals surface area contributed by atoms with Gasteiger partial charge in [-0.3, -0.25) is 14.4 Å². The molecule has 6 aromatic rings. The van der Waals surface area contributed by atoms with Gasteiger partial charge in [0.2, 0.25) is 0 Å². The largest absolute Gasteiger partial charge is 0.477 e. The summed E-state index contributed by atoms with van der Waals surface area (Å²) < 4.78 is 5.44. The molecule has 300 valence electrons. The van der Waals surface area contributed by atoms with Gasteiger partial charge in [0.15, 0.2) is 16.3 Å². The Labute approximate surface area is 335 Å². The van der Waals surface area contributed by atoms with Crippen molar-refractivity contribution in [3.63, 3.8) is 0 Å². The van der Waals surface area contributed by atoms with Crippen LogP contribution in [0.2, 0.25) is 0 Å². The number of hydrogen-bond donors (Lipinski definition) is 3. The maximum absolute atomic E-state index is 12.2. The van der Waals surface area contributed by atoms with Crippen molar-refractivity contribution in [1.82, 2.24) is 13.7 Å². The number of carboxylic acids is 3. The van der Waals surface area contributed by atoms with Crippen molar-refractivity contribution in [3.8, 4) is 33.8 Å². The first-order valence-electron chi connectivity index (χ1n) is 18.7. The second-order valence-electron chi connectivity index (χ2n) is 13.3. The van der Waals surface area contributed by atoms with Crippen LogP contribution in [-0.4, -0.2) is 46.9 Å². The summed E-state index contributed by atoms with van der Waals surface area (Å²) in [7, 11) is 3.56. The van der Waals surface area contributed by atoms with Gasteiger partial charge in [-0.25, -0.2) is 14.4 Å². The van der Waals surface area contributed by atoms with Crippen LogP contribution >= 0.6 is 0 Å². The monoisotopic (exact) mass is 785 g/mol. The zero-order valence-electron chi connectivity index (χ0n) is 33.6. The van der Waals surface area contributed by atoms with E-state index in [9.17, 15) is 44.1 Å². The molecule has 3 heterocycles. The van der Waals surface area contributed by atoms with E-state index in [-0.39, 0.29) is 16.7 Å². The molecule has 0 atom stereocenters. The van der Waals surface area contributed by atoms with E-state index in [0.29, 0.717) is 42.0 Å². The van der Waals surface area contributed by atoms with E-state index >= 15 is 0 Å². The minimum atomic E-state index is -1.19. The third kappa shape index (κ3) is 9.13. The molecule has 3 N–H and O–H groups in total. The van der Waals surface area contributed by atoms with Crippen molar-refractivity contribution >= 4 is 17.9 Å². The second kappa shape index (κ2) is 19.2. The van der Waals surface area contributed by atoms with Crippen molar-refractivity contribution in [2.24, 2.45) is 14.1 Å². The van der Waals surface area contributed by atoms with Crippen LogP contribution in [0.4, 0.5) is 0 Å². The summed E-state index contributed by atoms with van der Waals surface area (Å²) in [5, 5.41) is 28.0. The summed E-state index contributed by atoms with van der Waals surface area (Å²) in [4.78, 5) is 70.5. The third-order valence-corrected chi connectivity index (χ3v) is 9.95. The van der Waals surface area contributed by atoms with Crippen molar-refractivity contribution in [3.05, 3.63) is 173 Å². The fourth-order valence-electron chi connectivity index (χ4n) is 6.86. The molecule has 3 aromatic carbocycles. The first-order chi connectivity index (χ1) is 27.6. The van der Waals surface area contributed by atoms with Crippen molar-refractivity contribution in [2.75, 3.05) is 0 Å². The summed E-state index contributed by atoms with van der Waals surface area (Å²) in [6, 6.07) is 30.2. The number of hydrogen-bond acceptors (Lipinski definition) is 6. The summed E-state index contributed by atoms with van der Waals surface area (Å²) in [6.45, 7) is 9.92. The van der Waals surface area contributed by atoms with Crippen LogP contribution in [0.5, 0.6) is 0 Å². The molecular weight excluding hydrogens is 739 g/mol. The third-order valence-electron chi connectivity index (χ3n) is 9.95. The molecule has 0 saturated carbocycles. The normalized spacial score (nSPS) is 10.5. The highest BCUT2D eigenvalue weighted by atomic mass is 16.4. The quantitative estimate of drug-likeness (QED) is 0.134. The topological polar surface area (TPSA) is 178 Å². The van der Waals surface area contributed by atoms with Crippen LogP contribution in [0.3, 0.4) is 0 Å². The molecule has 0 bridgehead atoms. The van der Waals surface area contributed by atoms with Gasteiger partial charge in [0.25, 0.3) is 0 Å². The lowest BCUT2D eigenvalue weighted by molar-refractivity contribution is 0.0684. The lowest BCUT2D eigenvalue weighted by atomic mass is 10.0. The Bertz CT molecular complexity index is 2640. The molecule has 0 radical (unpaired) electrons. The zero-order chi connectivity index (χ0) is 42.8. The Balaban J connectivity index is 0.000000193. The molecule has 0 aliphatic carbocycles. The molecule has 0 spiro atoms. The standard InChI is InChI=1S/C16H17NO3.2C15H15NO3/c1-3-12-10-13(18)14(16(19)20)15(17(12)4-2)11-8-6-5-7-9-11;1-9-10(2)16(3)13(11-7-5-4-6-8-11)12(14(9)17)15(18)19;1-3-11-9-12(17)13(15(18)19)14(16(11)2)10-7-5-4-6-8-10/h5-10H,3-4H2,1-2H3,(H,19,20);4-8H,1-3H3,(H,18,19);4-9H,3H2,1-2H3,(H,18,19). The number of aryl methyl sites for hydroxylation is 2. The van der Waals surface area contributed by atoms with Gasteiger partial charge in [0.05, 0.1) is 17.1 Å². The van der Waals surface area contributed by atoms with E-state index in [2.05, 4.69) is 0 Å². The number of aromatic nitrogens is 3. The maximum atomic E-state index is 12.2. The Hall–Kier alpha value is -7.08. The number of carbonyl (C=O) groups is 3. The lowest BCUT2D eigenvalue weighted by Crippen LogP contribution is -2.24. The van der Waals surface area contributed by atoms with E-state index in [1.807, 2.05) is 99.0 Å². The molecule has 58 heavy (non-hydrogen) atoms. The minimum absolute atomic E-state index is 0.157. The number of aromatic carboxylic acids is 3. The Morgan fingerprint density at radius 1 is 0.517 bits per heavy atom. The molecular formula is C46H47N3O9. The molecule has 12 heteroatoms. The summed E-state index contributed by atoms with van der Waals surface area (Å²) >= 11 is 0. The first kappa shape index (κ1) is 43.6. The van der Waals surface area contributed by atoms with Gasteiger partial charge >= 0.3 is 17.9 Å². The van der Waals surface area contributed by atoms with Gasteiger partial charge in [0, 0.05) is 55.4 Å². The number of nitrogens with zero attached hydrogens (tertiary/aromatic N) is 3. The number of rotatable bonds is 9. The highest BCUT2D eigenvalue weighted by Crippen LogP contribution is 2.26. The van der Waals surface area contributed by atoms with Gasteiger partial charge in [-0.15, -0.1) is 0 Å². The minimum Gasteiger partial charge on any atom is -0.477 e. The van der Waals surface area contributed by atoms with Crippen LogP contribution in [0.15, 0.2) is 118 Å². The zero-order valence-corrected chi connectivity index (χ0v) is 33.6. The average Bonchev–Trinajstić information content (AvgIpc) is 3.22. The fourth-order valence-corrected chi connectivity index (χ4v) is 6.86. The van der Waals surface area contributed by atoms with Gasteiger partial charge < -0.3 is 29.0 Å². The molecule has 3 aromatic heterocycles. The highest BCUT2D eigenvalue weighted by Gasteiger charge is 2.23. The lowest BCUT2D eigenvalue weighted by Gasteiger charge is -2.18. The van der Waals surface area contributed by atoms with Crippen LogP contribution in [0.25, 0.3) is 33.8 Å². The SMILES string of the molecule is CCc1cc(=O)c(C(=O)O)c(-c2ccccc2)n1C.CCc1cc(=O)c(C(=O)O)c(-c2ccccc2)n1CC.Cc1c(C)n(C)c(-c2ccccc2)c(C(=O)O)c1=O. The van der Waals surface area contributed by atoms with E-state index < -0.39 is 34.2 Å². The maximum Gasteiger partial charge on any atom is 0.341 e. The smallest absolute Gasteiger partial charge is 0.341 e. The van der Waals surface area contributed by atoms with Crippen molar-refractivity contribution in [2.45, 2.75) is 54.0 Å². The highest BCUT2D eigenvalue weighted by molar-refractivity contribution is 5.96. The van der Waals surface area contributed by atoms with Crippen molar-refractivity contribution in [1.29, 1.82) is 0 Å². The molecule has 12 nitrogen and oxygen atoms in total. The molecule has 6 rings (SSSR count). The molecule has 0 aliphatic heterocycles. The summed E-state index contributed by atoms with van der Waals surface area (Å²) in [5.41, 5.74) is 4.71. The van der Waals surface area contributed by atoms with Crippen LogP contribution in [0, 0.1) is 13.8 Å². The Kier molecular flexibility index (Phi) is 14.4. The predicted octanol–water partition coefficient (Wildman–Crippen LogP) is 7.48. The molecule has 0 saturated heterocycles. The van der Waals surface area contributed by atoms with Gasteiger partial charge in [0.1, 0.15) is 16.7 Å². The molecule has 0 amide bonds. The predicted molar refractivity (Wildman–Crippen MR) is 225 cm³/mol. The van der Waals surface area contributed by atoms with E-state index in [1.54, 1.807) is 54.4 Å². The molecule has 0 fully saturated rings.